The Morgan fingerprint density at radius 2 is 1.89 bits per heavy atom. The standard InChI is InChI=1S/C19H19N3O3S2/c1-22(2)27(24,25)17-7-5-14(6-8-17)19(23)21-12-15-4-3-10-20-18(15)16-9-11-26-13-16/h3-11,13H,12H2,1-2H3,(H,21,23). The third-order valence-corrected chi connectivity index (χ3v) is 6.53. The Morgan fingerprint density at radius 1 is 1.15 bits per heavy atom. The summed E-state index contributed by atoms with van der Waals surface area (Å²) in [7, 11) is -0.577. The minimum atomic E-state index is -3.51. The number of amides is 1. The van der Waals surface area contributed by atoms with E-state index in [0.717, 1.165) is 21.1 Å². The first-order chi connectivity index (χ1) is 12.9. The minimum absolute atomic E-state index is 0.149. The Hall–Kier alpha value is -2.55. The van der Waals surface area contributed by atoms with Crippen LogP contribution in [0, 0.1) is 0 Å². The molecule has 0 aliphatic carbocycles. The van der Waals surface area contributed by atoms with Gasteiger partial charge in [-0.25, -0.2) is 12.7 Å². The van der Waals surface area contributed by atoms with Gasteiger partial charge in [-0.3, -0.25) is 9.78 Å². The van der Waals surface area contributed by atoms with Crippen molar-refractivity contribution in [2.75, 3.05) is 14.1 Å². The van der Waals surface area contributed by atoms with Crippen LogP contribution in [-0.4, -0.2) is 37.7 Å². The zero-order valence-electron chi connectivity index (χ0n) is 14.9. The molecule has 0 unspecified atom stereocenters. The number of aromatic nitrogens is 1. The monoisotopic (exact) mass is 401 g/mol. The second-order valence-electron chi connectivity index (χ2n) is 6.02. The molecule has 8 heteroatoms. The molecule has 0 saturated heterocycles. The van der Waals surface area contributed by atoms with Gasteiger partial charge in [0.2, 0.25) is 10.0 Å². The van der Waals surface area contributed by atoms with Crippen molar-refractivity contribution in [1.82, 2.24) is 14.6 Å². The van der Waals surface area contributed by atoms with E-state index < -0.39 is 10.0 Å². The summed E-state index contributed by atoms with van der Waals surface area (Å²) in [5, 5.41) is 6.86. The van der Waals surface area contributed by atoms with Gasteiger partial charge < -0.3 is 5.32 Å². The summed E-state index contributed by atoms with van der Waals surface area (Å²) in [5.41, 5.74) is 3.17. The molecule has 1 N–H and O–H groups in total. The van der Waals surface area contributed by atoms with E-state index in [0.29, 0.717) is 12.1 Å². The molecule has 140 valence electrons. The molecule has 2 heterocycles. The van der Waals surface area contributed by atoms with Crippen molar-refractivity contribution in [2.45, 2.75) is 11.4 Å². The number of sulfonamides is 1. The molecule has 0 radical (unpaired) electrons. The third-order valence-electron chi connectivity index (χ3n) is 4.02. The Kier molecular flexibility index (Phi) is 5.69. The van der Waals surface area contributed by atoms with Crippen molar-refractivity contribution in [3.63, 3.8) is 0 Å². The Morgan fingerprint density at radius 3 is 2.52 bits per heavy atom. The lowest BCUT2D eigenvalue weighted by Crippen LogP contribution is -2.24. The van der Waals surface area contributed by atoms with E-state index in [4.69, 9.17) is 0 Å². The van der Waals surface area contributed by atoms with E-state index in [1.807, 2.05) is 29.0 Å². The predicted molar refractivity (Wildman–Crippen MR) is 106 cm³/mol. The van der Waals surface area contributed by atoms with Crippen molar-refractivity contribution >= 4 is 27.3 Å². The van der Waals surface area contributed by atoms with E-state index >= 15 is 0 Å². The average Bonchev–Trinajstić information content (AvgIpc) is 3.21. The maximum Gasteiger partial charge on any atom is 0.251 e. The highest BCUT2D eigenvalue weighted by Gasteiger charge is 2.17. The van der Waals surface area contributed by atoms with E-state index in [2.05, 4.69) is 10.3 Å². The van der Waals surface area contributed by atoms with Crippen LogP contribution in [0.2, 0.25) is 0 Å². The Bertz CT molecular complexity index is 1030. The summed E-state index contributed by atoms with van der Waals surface area (Å²) in [5.74, 6) is -0.274. The lowest BCUT2D eigenvalue weighted by atomic mass is 10.1. The molecule has 27 heavy (non-hydrogen) atoms. The molecular weight excluding hydrogens is 382 g/mol. The molecule has 3 rings (SSSR count). The molecule has 0 aliphatic rings. The number of thiophene rings is 1. The number of hydrogen-bond acceptors (Lipinski definition) is 5. The van der Waals surface area contributed by atoms with Crippen LogP contribution in [0.3, 0.4) is 0 Å². The predicted octanol–water partition coefficient (Wildman–Crippen LogP) is 2.99. The minimum Gasteiger partial charge on any atom is -0.348 e. The normalized spacial score (nSPS) is 11.5. The molecule has 0 aliphatic heterocycles. The molecule has 0 bridgehead atoms. The number of benzene rings is 1. The molecule has 0 saturated carbocycles. The fourth-order valence-corrected chi connectivity index (χ4v) is 4.05. The number of carbonyl (C=O) groups excluding carboxylic acids is 1. The molecule has 1 aromatic carbocycles. The van der Waals surface area contributed by atoms with Crippen LogP contribution in [0.25, 0.3) is 11.3 Å². The smallest absolute Gasteiger partial charge is 0.251 e. The van der Waals surface area contributed by atoms with E-state index in [1.54, 1.807) is 17.5 Å². The molecule has 6 nitrogen and oxygen atoms in total. The summed E-state index contributed by atoms with van der Waals surface area (Å²) in [6, 6.07) is 11.6. The number of pyridine rings is 1. The SMILES string of the molecule is CN(C)S(=O)(=O)c1ccc(C(=O)NCc2cccnc2-c2ccsc2)cc1. The van der Waals surface area contributed by atoms with Crippen LogP contribution in [-0.2, 0) is 16.6 Å². The second kappa shape index (κ2) is 7.99. The fourth-order valence-electron chi connectivity index (χ4n) is 2.51. The van der Waals surface area contributed by atoms with Crippen molar-refractivity contribution in [2.24, 2.45) is 0 Å². The topological polar surface area (TPSA) is 79.4 Å². The summed E-state index contributed by atoms with van der Waals surface area (Å²) >= 11 is 1.59. The van der Waals surface area contributed by atoms with Crippen LogP contribution < -0.4 is 5.32 Å². The maximum atomic E-state index is 12.4. The van der Waals surface area contributed by atoms with E-state index in [-0.39, 0.29) is 10.8 Å². The van der Waals surface area contributed by atoms with Crippen LogP contribution in [0.15, 0.2) is 64.3 Å². The van der Waals surface area contributed by atoms with Crippen molar-refractivity contribution in [3.8, 4) is 11.3 Å². The Labute approximate surface area is 162 Å². The van der Waals surface area contributed by atoms with Crippen molar-refractivity contribution in [1.29, 1.82) is 0 Å². The van der Waals surface area contributed by atoms with Gasteiger partial charge in [0.15, 0.2) is 0 Å². The largest absolute Gasteiger partial charge is 0.348 e. The van der Waals surface area contributed by atoms with Gasteiger partial charge in [0, 0.05) is 43.3 Å². The van der Waals surface area contributed by atoms with Gasteiger partial charge in [-0.2, -0.15) is 11.3 Å². The first-order valence-corrected chi connectivity index (χ1v) is 10.5. The number of carbonyl (C=O) groups is 1. The highest BCUT2D eigenvalue weighted by atomic mass is 32.2. The number of nitrogens with one attached hydrogen (secondary N) is 1. The number of hydrogen-bond donors (Lipinski definition) is 1. The van der Waals surface area contributed by atoms with Gasteiger partial charge in [-0.1, -0.05) is 6.07 Å². The van der Waals surface area contributed by atoms with Crippen LogP contribution in [0.4, 0.5) is 0 Å². The zero-order valence-corrected chi connectivity index (χ0v) is 16.5. The fraction of sp³-hybridized carbons (Fsp3) is 0.158. The van der Waals surface area contributed by atoms with Gasteiger partial charge in [0.05, 0.1) is 10.6 Å². The van der Waals surface area contributed by atoms with Gasteiger partial charge >= 0.3 is 0 Å². The van der Waals surface area contributed by atoms with Crippen LogP contribution in [0.5, 0.6) is 0 Å². The second-order valence-corrected chi connectivity index (χ2v) is 8.95. The van der Waals surface area contributed by atoms with Crippen LogP contribution >= 0.6 is 11.3 Å². The van der Waals surface area contributed by atoms with Gasteiger partial charge in [-0.05, 0) is 47.3 Å². The van der Waals surface area contributed by atoms with Crippen LogP contribution in [0.1, 0.15) is 15.9 Å². The molecule has 1 amide bonds. The molecule has 2 aromatic heterocycles. The van der Waals surface area contributed by atoms with E-state index in [1.165, 1.54) is 38.4 Å². The third kappa shape index (κ3) is 4.24. The van der Waals surface area contributed by atoms with Gasteiger partial charge in [-0.15, -0.1) is 0 Å². The molecule has 3 aromatic rings. The number of rotatable bonds is 6. The summed E-state index contributed by atoms with van der Waals surface area (Å²) in [4.78, 5) is 17.0. The number of nitrogens with zero attached hydrogens (tertiary/aromatic N) is 2. The quantitative estimate of drug-likeness (QED) is 0.689. The first kappa shape index (κ1) is 19.2. The summed E-state index contributed by atoms with van der Waals surface area (Å²) < 4.78 is 25.3. The lowest BCUT2D eigenvalue weighted by Gasteiger charge is -2.12. The highest BCUT2D eigenvalue weighted by Crippen LogP contribution is 2.23. The maximum absolute atomic E-state index is 12.4. The van der Waals surface area contributed by atoms with Crippen molar-refractivity contribution < 1.29 is 13.2 Å². The van der Waals surface area contributed by atoms with E-state index in [9.17, 15) is 13.2 Å². The van der Waals surface area contributed by atoms with Crippen molar-refractivity contribution in [3.05, 3.63) is 70.5 Å². The molecule has 0 spiro atoms. The molecule has 0 atom stereocenters. The average molecular weight is 402 g/mol. The Balaban J connectivity index is 1.72. The molecular formula is C19H19N3O3S2. The first-order valence-electron chi connectivity index (χ1n) is 8.17. The van der Waals surface area contributed by atoms with Gasteiger partial charge in [0.1, 0.15) is 0 Å². The highest BCUT2D eigenvalue weighted by molar-refractivity contribution is 7.89. The summed E-state index contributed by atoms with van der Waals surface area (Å²) in [6.45, 7) is 0.329. The zero-order chi connectivity index (χ0) is 19.4. The summed E-state index contributed by atoms with van der Waals surface area (Å²) in [6.07, 6.45) is 1.72. The lowest BCUT2D eigenvalue weighted by molar-refractivity contribution is 0.0951. The molecule has 0 fully saturated rings. The van der Waals surface area contributed by atoms with Gasteiger partial charge in [0.25, 0.3) is 5.91 Å².